The van der Waals surface area contributed by atoms with Crippen molar-refractivity contribution in [3.8, 4) is 0 Å². The molecule has 1 rings (SSSR count). The molecule has 0 saturated carbocycles. The minimum atomic E-state index is -0.327. The van der Waals surface area contributed by atoms with Gasteiger partial charge in [-0.2, -0.15) is 0 Å². The molecule has 0 amide bonds. The van der Waals surface area contributed by atoms with Crippen molar-refractivity contribution in [3.05, 3.63) is 24.4 Å². The molecule has 1 heterocycles. The van der Waals surface area contributed by atoms with Crippen LogP contribution in [0.5, 0.6) is 0 Å². The first-order chi connectivity index (χ1) is 5.22. The van der Waals surface area contributed by atoms with Gasteiger partial charge in [-0.3, -0.25) is 0 Å². The van der Waals surface area contributed by atoms with E-state index >= 15 is 0 Å². The van der Waals surface area contributed by atoms with Crippen molar-refractivity contribution in [3.63, 3.8) is 0 Å². The molecule has 3 heteroatoms. The van der Waals surface area contributed by atoms with Crippen molar-refractivity contribution in [1.29, 1.82) is 0 Å². The van der Waals surface area contributed by atoms with Gasteiger partial charge in [-0.1, -0.05) is 0 Å². The molecule has 0 saturated heterocycles. The van der Waals surface area contributed by atoms with Gasteiger partial charge in [0.05, 0.1) is 0 Å². The average molecular weight is 196 g/mol. The van der Waals surface area contributed by atoms with Crippen molar-refractivity contribution >= 4 is 4.66 Å². The number of nitrogens with two attached hydrogens (primary N) is 1. The van der Waals surface area contributed by atoms with Gasteiger partial charge in [0, 0.05) is 0 Å². The van der Waals surface area contributed by atoms with Crippen LogP contribution < -0.4 is 9.48 Å². The van der Waals surface area contributed by atoms with E-state index in [2.05, 4.69) is 18.8 Å². The first-order valence-electron chi connectivity index (χ1n) is 3.45. The quantitative estimate of drug-likeness (QED) is 0.717. The summed E-state index contributed by atoms with van der Waals surface area (Å²) in [6.45, 7) is 4.23. The molecule has 0 atom stereocenters. The number of hydrogen-bond donors (Lipinski definition) is 1. The van der Waals surface area contributed by atoms with Gasteiger partial charge in [-0.25, -0.2) is 0 Å². The third kappa shape index (κ3) is 2.28. The molecule has 0 aliphatic carbocycles. The first kappa shape index (κ1) is 8.70. The second-order valence-corrected chi connectivity index (χ2v) is 4.90. The van der Waals surface area contributed by atoms with Gasteiger partial charge in [0.2, 0.25) is 0 Å². The van der Waals surface area contributed by atoms with Crippen molar-refractivity contribution in [1.82, 2.24) is 4.98 Å². The summed E-state index contributed by atoms with van der Waals surface area (Å²) in [5.41, 5.74) is 0. The van der Waals surface area contributed by atoms with E-state index in [4.69, 9.17) is 4.81 Å². The van der Waals surface area contributed by atoms with Gasteiger partial charge < -0.3 is 0 Å². The minimum absolute atomic E-state index is 0.327. The second-order valence-electron chi connectivity index (χ2n) is 2.35. The maximum atomic E-state index is 5.92. The Morgan fingerprint density at radius 2 is 2.18 bits per heavy atom. The molecular weight excluding hydrogens is 183 g/mol. The van der Waals surface area contributed by atoms with Crippen LogP contribution in [0.2, 0.25) is 4.89 Å². The van der Waals surface area contributed by atoms with Crippen LogP contribution in [0.1, 0.15) is 13.8 Å². The Morgan fingerprint density at radius 3 is 2.64 bits per heavy atom. The fourth-order valence-corrected chi connectivity index (χ4v) is 1.72. The molecule has 2 N–H and O–H groups in total. The molecule has 0 aliphatic rings. The topological polar surface area (TPSA) is 38.9 Å². The Bertz CT molecular complexity index is 211. The third-order valence-corrected chi connectivity index (χ3v) is 3.30. The maximum absolute atomic E-state index is 5.92. The number of pyridine rings is 1. The Balaban J connectivity index is 2.77. The zero-order valence-corrected chi connectivity index (χ0v) is 7.72. The fourth-order valence-electron chi connectivity index (χ4n) is 0.626. The fraction of sp³-hybridized carbons (Fsp3) is 0.375. The summed E-state index contributed by atoms with van der Waals surface area (Å²) < 4.78 is 1.02. The SMILES string of the molecule is C[CH](C)[Ni]([NH2])[c]1ccccn1. The van der Waals surface area contributed by atoms with Crippen molar-refractivity contribution < 1.29 is 13.6 Å². The summed E-state index contributed by atoms with van der Waals surface area (Å²) in [7, 11) is 0. The standard InChI is InChI=1S/C5H4N.C3H7.H2N.Ni/c1-2-4-6-5-3-1;1-3-2;;/h1-4H;3H,1-2H3;1H2;/q;;-1;+1. The molecule has 0 spiro atoms. The normalized spacial score (nSPS) is 11.8. The summed E-state index contributed by atoms with van der Waals surface area (Å²) in [5, 5.41) is 0. The molecule has 1 aromatic heterocycles. The van der Waals surface area contributed by atoms with Gasteiger partial charge in [-0.05, 0) is 0 Å². The van der Waals surface area contributed by atoms with Crippen molar-refractivity contribution in [2.45, 2.75) is 18.7 Å². The van der Waals surface area contributed by atoms with Gasteiger partial charge >= 0.3 is 71.2 Å². The molecule has 11 heavy (non-hydrogen) atoms. The molecule has 2 nitrogen and oxygen atoms in total. The van der Waals surface area contributed by atoms with Gasteiger partial charge in [0.15, 0.2) is 0 Å². The van der Waals surface area contributed by atoms with Crippen LogP contribution in [0.3, 0.4) is 0 Å². The number of aromatic nitrogens is 1. The molecule has 0 fully saturated rings. The van der Waals surface area contributed by atoms with Gasteiger partial charge in [0.25, 0.3) is 0 Å². The molecule has 0 radical (unpaired) electrons. The van der Waals surface area contributed by atoms with E-state index in [0.717, 1.165) is 4.66 Å². The van der Waals surface area contributed by atoms with Crippen LogP contribution in [0.15, 0.2) is 24.4 Å². The van der Waals surface area contributed by atoms with E-state index in [0.29, 0.717) is 4.89 Å². The zero-order chi connectivity index (χ0) is 8.27. The van der Waals surface area contributed by atoms with Crippen molar-refractivity contribution in [2.75, 3.05) is 0 Å². The average Bonchev–Trinajstić information content (AvgIpc) is 2.05. The van der Waals surface area contributed by atoms with E-state index < -0.39 is 0 Å². The summed E-state index contributed by atoms with van der Waals surface area (Å²) in [6.07, 6.45) is 1.79. The molecule has 0 unspecified atom stereocenters. The Hall–Kier alpha value is -0.396. The number of rotatable bonds is 2. The van der Waals surface area contributed by atoms with Crippen LogP contribution in [0, 0.1) is 0 Å². The van der Waals surface area contributed by atoms with E-state index in [1.165, 1.54) is 0 Å². The molecular formula is C8H13N2Ni. The molecule has 0 bridgehead atoms. The third-order valence-electron chi connectivity index (χ3n) is 1.19. The van der Waals surface area contributed by atoms with Crippen molar-refractivity contribution in [2.24, 2.45) is 4.81 Å². The zero-order valence-electron chi connectivity index (χ0n) is 6.73. The molecule has 1 aromatic rings. The Kier molecular flexibility index (Phi) is 3.04. The Morgan fingerprint density at radius 1 is 1.45 bits per heavy atom. The van der Waals surface area contributed by atoms with E-state index in [9.17, 15) is 0 Å². The van der Waals surface area contributed by atoms with E-state index in [1.807, 2.05) is 18.2 Å². The van der Waals surface area contributed by atoms with Gasteiger partial charge in [0.1, 0.15) is 0 Å². The summed E-state index contributed by atoms with van der Waals surface area (Å²) in [5.74, 6) is 0. The van der Waals surface area contributed by atoms with Crippen LogP contribution in [-0.2, 0) is 13.6 Å². The van der Waals surface area contributed by atoms with E-state index in [1.54, 1.807) is 6.20 Å². The number of nitrogens with zero attached hydrogens (tertiary/aromatic N) is 1. The molecule has 65 valence electrons. The Labute approximate surface area is 71.7 Å². The predicted molar refractivity (Wildman–Crippen MR) is 43.2 cm³/mol. The summed E-state index contributed by atoms with van der Waals surface area (Å²) >= 11 is -0.327. The molecule has 0 aliphatic heterocycles. The molecule has 0 aromatic carbocycles. The van der Waals surface area contributed by atoms with E-state index in [-0.39, 0.29) is 13.6 Å². The van der Waals surface area contributed by atoms with Crippen LogP contribution in [0.4, 0.5) is 0 Å². The van der Waals surface area contributed by atoms with Crippen LogP contribution in [-0.4, -0.2) is 4.98 Å². The van der Waals surface area contributed by atoms with Gasteiger partial charge in [-0.15, -0.1) is 0 Å². The van der Waals surface area contributed by atoms with Crippen LogP contribution >= 0.6 is 0 Å². The first-order valence-corrected chi connectivity index (χ1v) is 5.08. The summed E-state index contributed by atoms with van der Waals surface area (Å²) in [4.78, 5) is 10.6. The summed E-state index contributed by atoms with van der Waals surface area (Å²) in [6, 6.07) is 5.86. The second kappa shape index (κ2) is 3.84. The predicted octanol–water partition coefficient (Wildman–Crippen LogP) is 1.03. The number of hydrogen-bond acceptors (Lipinski definition) is 2. The monoisotopic (exact) mass is 195 g/mol. The van der Waals surface area contributed by atoms with Crippen LogP contribution in [0.25, 0.3) is 0 Å².